The summed E-state index contributed by atoms with van der Waals surface area (Å²) < 4.78 is 16.0. The average molecular weight is 312 g/mol. The molecule has 23 heavy (non-hydrogen) atoms. The van der Waals surface area contributed by atoms with Crippen LogP contribution in [0.1, 0.15) is 29.7 Å². The van der Waals surface area contributed by atoms with E-state index in [0.29, 0.717) is 11.1 Å². The molecule has 2 aliphatic heterocycles. The first-order chi connectivity index (χ1) is 11.0. The monoisotopic (exact) mass is 312 g/mol. The van der Waals surface area contributed by atoms with Gasteiger partial charge in [-0.2, -0.15) is 0 Å². The molecule has 3 aliphatic rings. The Balaban J connectivity index is 1.56. The van der Waals surface area contributed by atoms with E-state index in [1.807, 2.05) is 19.1 Å². The number of carbonyl (C=O) groups excluding carboxylic acids is 2. The fourth-order valence-corrected chi connectivity index (χ4v) is 3.35. The minimum atomic E-state index is -0.770. The van der Waals surface area contributed by atoms with Gasteiger partial charge in [0.15, 0.2) is 0 Å². The predicted octanol–water partition coefficient (Wildman–Crippen LogP) is 2.49. The second-order valence-electron chi connectivity index (χ2n) is 6.17. The van der Waals surface area contributed by atoms with E-state index in [9.17, 15) is 9.59 Å². The van der Waals surface area contributed by atoms with Crippen molar-refractivity contribution in [3.05, 3.63) is 58.4 Å². The maximum Gasteiger partial charge on any atom is 0.338 e. The van der Waals surface area contributed by atoms with Crippen LogP contribution in [0.5, 0.6) is 0 Å². The molecule has 0 N–H and O–H groups in total. The zero-order chi connectivity index (χ0) is 16.1. The van der Waals surface area contributed by atoms with Crippen molar-refractivity contribution < 1.29 is 23.8 Å². The van der Waals surface area contributed by atoms with Gasteiger partial charge in [0, 0.05) is 17.6 Å². The highest BCUT2D eigenvalue weighted by Crippen LogP contribution is 2.48. The van der Waals surface area contributed by atoms with Gasteiger partial charge in [0.1, 0.15) is 6.10 Å². The summed E-state index contributed by atoms with van der Waals surface area (Å²) >= 11 is 0. The van der Waals surface area contributed by atoms with Crippen LogP contribution >= 0.6 is 0 Å². The van der Waals surface area contributed by atoms with Crippen molar-refractivity contribution in [3.63, 3.8) is 0 Å². The first-order valence-electron chi connectivity index (χ1n) is 7.58. The molecule has 0 radical (unpaired) electrons. The Morgan fingerprint density at radius 1 is 1.17 bits per heavy atom. The molecule has 0 spiro atoms. The Morgan fingerprint density at radius 2 is 2.00 bits per heavy atom. The van der Waals surface area contributed by atoms with E-state index in [1.54, 1.807) is 13.0 Å². The summed E-state index contributed by atoms with van der Waals surface area (Å²) in [5.41, 5.74) is 4.47. The van der Waals surface area contributed by atoms with Crippen LogP contribution in [0, 0.1) is 12.8 Å². The predicted molar refractivity (Wildman–Crippen MR) is 80.0 cm³/mol. The molecule has 1 saturated heterocycles. The summed E-state index contributed by atoms with van der Waals surface area (Å²) in [5, 5.41) is 0. The fraction of sp³-hybridized carbons (Fsp3) is 0.333. The van der Waals surface area contributed by atoms with Crippen molar-refractivity contribution in [1.82, 2.24) is 0 Å². The first kappa shape index (κ1) is 14.1. The van der Waals surface area contributed by atoms with E-state index in [4.69, 9.17) is 14.2 Å². The van der Waals surface area contributed by atoms with Crippen LogP contribution < -0.4 is 0 Å². The van der Waals surface area contributed by atoms with Crippen molar-refractivity contribution >= 4 is 11.9 Å². The smallest absolute Gasteiger partial charge is 0.338 e. The van der Waals surface area contributed by atoms with Crippen molar-refractivity contribution in [1.29, 1.82) is 0 Å². The molecule has 2 heterocycles. The number of benzene rings is 1. The van der Waals surface area contributed by atoms with Crippen LogP contribution in [-0.2, 0) is 30.2 Å². The van der Waals surface area contributed by atoms with Gasteiger partial charge in [-0.15, -0.1) is 0 Å². The molecule has 3 atom stereocenters. The molecule has 5 nitrogen and oxygen atoms in total. The molecule has 0 bridgehead atoms. The summed E-state index contributed by atoms with van der Waals surface area (Å²) in [4.78, 5) is 23.4. The summed E-state index contributed by atoms with van der Waals surface area (Å²) in [6.07, 6.45) is 2.72. The SMILES string of the molecule is CC1=C[C@@H](O/C=C2/C(=O)O[C@H]3c4ccc(C)cc4C[C@@H]23)OC1=O. The second kappa shape index (κ2) is 4.98. The normalized spacial score (nSPS) is 29.9. The number of ether oxygens (including phenoxy) is 3. The Hall–Kier alpha value is -2.56. The lowest BCUT2D eigenvalue weighted by Crippen LogP contribution is -2.11. The van der Waals surface area contributed by atoms with E-state index >= 15 is 0 Å². The Labute approximate surface area is 133 Å². The number of hydrogen-bond acceptors (Lipinski definition) is 5. The molecule has 1 fully saturated rings. The average Bonchev–Trinajstić information content (AvgIpc) is 3.09. The van der Waals surface area contributed by atoms with E-state index in [-0.39, 0.29) is 18.0 Å². The second-order valence-corrected chi connectivity index (χ2v) is 6.17. The van der Waals surface area contributed by atoms with E-state index in [1.165, 1.54) is 17.4 Å². The minimum absolute atomic E-state index is 0.0403. The van der Waals surface area contributed by atoms with Gasteiger partial charge in [-0.3, -0.25) is 0 Å². The van der Waals surface area contributed by atoms with Crippen molar-refractivity contribution in [3.8, 4) is 0 Å². The number of rotatable bonds is 2. The summed E-state index contributed by atoms with van der Waals surface area (Å²) in [6, 6.07) is 6.18. The molecule has 1 aromatic carbocycles. The van der Waals surface area contributed by atoms with Gasteiger partial charge in [-0.05, 0) is 31.4 Å². The lowest BCUT2D eigenvalue weighted by molar-refractivity contribution is -0.152. The topological polar surface area (TPSA) is 61.8 Å². The highest BCUT2D eigenvalue weighted by molar-refractivity contribution is 5.92. The summed E-state index contributed by atoms with van der Waals surface area (Å²) in [7, 11) is 0. The molecule has 118 valence electrons. The molecular weight excluding hydrogens is 296 g/mol. The Bertz CT molecular complexity index is 774. The fourth-order valence-electron chi connectivity index (χ4n) is 3.35. The maximum atomic E-state index is 12.1. The Morgan fingerprint density at radius 3 is 2.74 bits per heavy atom. The van der Waals surface area contributed by atoms with Crippen molar-refractivity contribution in [2.24, 2.45) is 5.92 Å². The molecule has 4 rings (SSSR count). The van der Waals surface area contributed by atoms with Gasteiger partial charge < -0.3 is 14.2 Å². The molecule has 0 aromatic heterocycles. The molecule has 5 heteroatoms. The summed E-state index contributed by atoms with van der Waals surface area (Å²) in [5.74, 6) is -0.804. The third kappa shape index (κ3) is 2.23. The largest absolute Gasteiger partial charge is 0.458 e. The quantitative estimate of drug-likeness (QED) is 0.477. The van der Waals surface area contributed by atoms with Gasteiger partial charge >= 0.3 is 11.9 Å². The Kier molecular flexibility index (Phi) is 3.04. The lowest BCUT2D eigenvalue weighted by atomic mass is 9.98. The van der Waals surface area contributed by atoms with Gasteiger partial charge in [0.05, 0.1) is 11.8 Å². The number of hydrogen-bond donors (Lipinski definition) is 0. The van der Waals surface area contributed by atoms with Gasteiger partial charge in [-0.25, -0.2) is 9.59 Å². The van der Waals surface area contributed by atoms with E-state index in [2.05, 4.69) is 6.07 Å². The van der Waals surface area contributed by atoms with Crippen molar-refractivity contribution in [2.45, 2.75) is 32.7 Å². The minimum Gasteiger partial charge on any atom is -0.458 e. The number of esters is 2. The zero-order valence-electron chi connectivity index (χ0n) is 12.9. The molecule has 0 unspecified atom stereocenters. The van der Waals surface area contributed by atoms with Crippen molar-refractivity contribution in [2.75, 3.05) is 0 Å². The molecule has 1 aromatic rings. The third-order valence-electron chi connectivity index (χ3n) is 4.54. The molecule has 0 saturated carbocycles. The van der Waals surface area contributed by atoms with Gasteiger partial charge in [0.2, 0.25) is 0 Å². The van der Waals surface area contributed by atoms with Crippen LogP contribution in [0.25, 0.3) is 0 Å². The van der Waals surface area contributed by atoms with Crippen LogP contribution in [0.2, 0.25) is 0 Å². The zero-order valence-corrected chi connectivity index (χ0v) is 12.9. The molecular formula is C18H16O5. The highest BCUT2D eigenvalue weighted by Gasteiger charge is 2.46. The standard InChI is InChI=1S/C18H16O5/c1-9-3-4-12-11(5-9)7-13-14(18(20)23-16(12)13)8-21-15-6-10(2)17(19)22-15/h3-6,8,13,15-16H,7H2,1-2H3/b14-8+/t13-,15-,16-/m0/s1. The van der Waals surface area contributed by atoms with Crippen LogP contribution in [-0.4, -0.2) is 18.2 Å². The molecule has 0 amide bonds. The number of fused-ring (bicyclic) bond motifs is 3. The molecule has 1 aliphatic carbocycles. The van der Waals surface area contributed by atoms with E-state index in [0.717, 1.165) is 12.0 Å². The van der Waals surface area contributed by atoms with Crippen LogP contribution in [0.15, 0.2) is 41.7 Å². The maximum absolute atomic E-state index is 12.1. The number of aryl methyl sites for hydroxylation is 1. The number of carbonyl (C=O) groups is 2. The third-order valence-corrected chi connectivity index (χ3v) is 4.54. The van der Waals surface area contributed by atoms with Crippen LogP contribution in [0.4, 0.5) is 0 Å². The lowest BCUT2D eigenvalue weighted by Gasteiger charge is -2.09. The number of cyclic esters (lactones) is 1. The van der Waals surface area contributed by atoms with Gasteiger partial charge in [-0.1, -0.05) is 23.8 Å². The van der Waals surface area contributed by atoms with Crippen LogP contribution in [0.3, 0.4) is 0 Å². The highest BCUT2D eigenvalue weighted by atomic mass is 16.7. The van der Waals surface area contributed by atoms with Gasteiger partial charge in [0.25, 0.3) is 6.29 Å². The van der Waals surface area contributed by atoms with E-state index < -0.39 is 12.3 Å². The summed E-state index contributed by atoms with van der Waals surface area (Å²) in [6.45, 7) is 3.71. The first-order valence-corrected chi connectivity index (χ1v) is 7.58.